The standard InChI is InChI=1S/C14H19N3O2/c1-3-4-5-13-16-14(19-17-13)9-18-12-7-6-11(15)8-10(12)2/h6-8H,3-5,9,15H2,1-2H3. The Kier molecular flexibility index (Phi) is 4.39. The van der Waals surface area contributed by atoms with Gasteiger partial charge in [0.1, 0.15) is 5.75 Å². The maximum absolute atomic E-state index is 5.69. The van der Waals surface area contributed by atoms with E-state index in [2.05, 4.69) is 17.1 Å². The number of nitrogens with two attached hydrogens (primary N) is 1. The Hall–Kier alpha value is -2.04. The summed E-state index contributed by atoms with van der Waals surface area (Å²) in [5, 5.41) is 3.92. The predicted octanol–water partition coefficient (Wildman–Crippen LogP) is 2.88. The second-order valence-corrected chi connectivity index (χ2v) is 4.52. The van der Waals surface area contributed by atoms with Crippen LogP contribution in [-0.2, 0) is 13.0 Å². The van der Waals surface area contributed by atoms with Crippen LogP contribution in [0.25, 0.3) is 0 Å². The molecule has 0 saturated heterocycles. The molecule has 2 rings (SSSR count). The first-order valence-electron chi connectivity index (χ1n) is 6.49. The molecule has 2 aromatic rings. The van der Waals surface area contributed by atoms with Gasteiger partial charge in [-0.05, 0) is 37.1 Å². The highest BCUT2D eigenvalue weighted by molar-refractivity contribution is 5.47. The fourth-order valence-corrected chi connectivity index (χ4v) is 1.76. The number of benzene rings is 1. The van der Waals surface area contributed by atoms with Crippen LogP contribution in [0.2, 0.25) is 0 Å². The monoisotopic (exact) mass is 261 g/mol. The van der Waals surface area contributed by atoms with Crippen molar-refractivity contribution < 1.29 is 9.26 Å². The molecule has 0 bridgehead atoms. The minimum absolute atomic E-state index is 0.282. The minimum atomic E-state index is 0.282. The Morgan fingerprint density at radius 3 is 2.95 bits per heavy atom. The van der Waals surface area contributed by atoms with Gasteiger partial charge in [0, 0.05) is 12.1 Å². The number of ether oxygens (including phenoxy) is 1. The lowest BCUT2D eigenvalue weighted by Crippen LogP contribution is -1.98. The lowest BCUT2D eigenvalue weighted by molar-refractivity contribution is 0.241. The Bertz CT molecular complexity index is 537. The zero-order valence-electron chi connectivity index (χ0n) is 11.3. The average Bonchev–Trinajstić information content (AvgIpc) is 2.83. The van der Waals surface area contributed by atoms with E-state index in [1.54, 1.807) is 0 Å². The van der Waals surface area contributed by atoms with Crippen LogP contribution in [0, 0.1) is 6.92 Å². The van der Waals surface area contributed by atoms with Crippen LogP contribution in [0.5, 0.6) is 5.75 Å². The number of hydrogen-bond donors (Lipinski definition) is 1. The molecular weight excluding hydrogens is 242 g/mol. The van der Waals surface area contributed by atoms with Crippen molar-refractivity contribution >= 4 is 5.69 Å². The van der Waals surface area contributed by atoms with Crippen LogP contribution >= 0.6 is 0 Å². The molecule has 102 valence electrons. The quantitative estimate of drug-likeness (QED) is 0.809. The largest absolute Gasteiger partial charge is 0.483 e. The molecule has 1 aromatic heterocycles. The van der Waals surface area contributed by atoms with E-state index in [9.17, 15) is 0 Å². The van der Waals surface area contributed by atoms with E-state index in [0.717, 1.165) is 42.1 Å². The van der Waals surface area contributed by atoms with E-state index in [4.69, 9.17) is 15.0 Å². The smallest absolute Gasteiger partial charge is 0.264 e. The molecular formula is C14H19N3O2. The predicted molar refractivity (Wildman–Crippen MR) is 72.8 cm³/mol. The summed E-state index contributed by atoms with van der Waals surface area (Å²) in [6, 6.07) is 5.53. The van der Waals surface area contributed by atoms with Crippen LogP contribution in [0.4, 0.5) is 5.69 Å². The van der Waals surface area contributed by atoms with Crippen molar-refractivity contribution in [3.63, 3.8) is 0 Å². The van der Waals surface area contributed by atoms with Crippen molar-refractivity contribution in [3.05, 3.63) is 35.5 Å². The van der Waals surface area contributed by atoms with Crippen LogP contribution < -0.4 is 10.5 Å². The molecule has 0 aliphatic carbocycles. The summed E-state index contributed by atoms with van der Waals surface area (Å²) >= 11 is 0. The zero-order valence-corrected chi connectivity index (χ0v) is 11.3. The summed E-state index contributed by atoms with van der Waals surface area (Å²) in [6.45, 7) is 4.37. The SMILES string of the molecule is CCCCc1noc(COc2ccc(N)cc2C)n1. The molecule has 2 N–H and O–H groups in total. The highest BCUT2D eigenvalue weighted by Crippen LogP contribution is 2.21. The van der Waals surface area contributed by atoms with Gasteiger partial charge in [0.25, 0.3) is 5.89 Å². The van der Waals surface area contributed by atoms with E-state index in [1.165, 1.54) is 0 Å². The summed E-state index contributed by atoms with van der Waals surface area (Å²) in [6.07, 6.45) is 3.03. The second kappa shape index (κ2) is 6.22. The summed E-state index contributed by atoms with van der Waals surface area (Å²) in [4.78, 5) is 4.28. The second-order valence-electron chi connectivity index (χ2n) is 4.52. The summed E-state index contributed by atoms with van der Waals surface area (Å²) in [7, 11) is 0. The van der Waals surface area contributed by atoms with Crippen LogP contribution in [0.1, 0.15) is 37.0 Å². The van der Waals surface area contributed by atoms with Crippen molar-refractivity contribution in [2.24, 2.45) is 0 Å². The minimum Gasteiger partial charge on any atom is -0.483 e. The van der Waals surface area contributed by atoms with Crippen molar-refractivity contribution in [1.82, 2.24) is 10.1 Å². The average molecular weight is 261 g/mol. The van der Waals surface area contributed by atoms with E-state index in [-0.39, 0.29) is 6.61 Å². The van der Waals surface area contributed by atoms with Gasteiger partial charge in [0.05, 0.1) is 0 Å². The summed E-state index contributed by atoms with van der Waals surface area (Å²) in [5.41, 5.74) is 7.41. The molecule has 1 aromatic carbocycles. The van der Waals surface area contributed by atoms with Gasteiger partial charge in [-0.1, -0.05) is 18.5 Å². The van der Waals surface area contributed by atoms with Crippen molar-refractivity contribution in [1.29, 1.82) is 0 Å². The molecule has 5 nitrogen and oxygen atoms in total. The number of unbranched alkanes of at least 4 members (excludes halogenated alkanes) is 1. The summed E-state index contributed by atoms with van der Waals surface area (Å²) < 4.78 is 10.8. The molecule has 5 heteroatoms. The van der Waals surface area contributed by atoms with E-state index in [0.29, 0.717) is 5.89 Å². The van der Waals surface area contributed by atoms with E-state index in [1.807, 2.05) is 25.1 Å². The number of nitrogens with zero attached hydrogens (tertiary/aromatic N) is 2. The van der Waals surface area contributed by atoms with E-state index >= 15 is 0 Å². The van der Waals surface area contributed by atoms with Gasteiger partial charge in [-0.25, -0.2) is 0 Å². The first kappa shape index (κ1) is 13.4. The van der Waals surface area contributed by atoms with Gasteiger partial charge >= 0.3 is 0 Å². The lowest BCUT2D eigenvalue weighted by atomic mass is 10.2. The highest BCUT2D eigenvalue weighted by atomic mass is 16.5. The van der Waals surface area contributed by atoms with Crippen LogP contribution in [-0.4, -0.2) is 10.1 Å². The Labute approximate surface area is 112 Å². The van der Waals surface area contributed by atoms with Crippen LogP contribution in [0.15, 0.2) is 22.7 Å². The molecule has 0 atom stereocenters. The Balaban J connectivity index is 1.92. The third kappa shape index (κ3) is 3.71. The number of hydrogen-bond acceptors (Lipinski definition) is 5. The Morgan fingerprint density at radius 1 is 1.37 bits per heavy atom. The molecule has 19 heavy (non-hydrogen) atoms. The molecule has 0 fully saturated rings. The molecule has 0 radical (unpaired) electrons. The molecule has 1 heterocycles. The zero-order chi connectivity index (χ0) is 13.7. The molecule has 0 amide bonds. The molecule has 0 unspecified atom stereocenters. The fraction of sp³-hybridized carbons (Fsp3) is 0.429. The van der Waals surface area contributed by atoms with E-state index < -0.39 is 0 Å². The van der Waals surface area contributed by atoms with Crippen molar-refractivity contribution in [2.75, 3.05) is 5.73 Å². The maximum atomic E-state index is 5.69. The molecule has 0 aliphatic rings. The number of nitrogen functional groups attached to an aromatic ring is 1. The van der Waals surface area contributed by atoms with Gasteiger partial charge in [0.15, 0.2) is 12.4 Å². The van der Waals surface area contributed by atoms with Gasteiger partial charge in [0.2, 0.25) is 0 Å². The van der Waals surface area contributed by atoms with Crippen LogP contribution in [0.3, 0.4) is 0 Å². The third-order valence-electron chi connectivity index (χ3n) is 2.81. The van der Waals surface area contributed by atoms with Crippen molar-refractivity contribution in [2.45, 2.75) is 39.7 Å². The summed E-state index contributed by atoms with van der Waals surface area (Å²) in [5.74, 6) is 2.03. The topological polar surface area (TPSA) is 74.2 Å². The number of aryl methyl sites for hydroxylation is 2. The molecule has 0 aliphatic heterocycles. The highest BCUT2D eigenvalue weighted by Gasteiger charge is 2.07. The van der Waals surface area contributed by atoms with Gasteiger partial charge < -0.3 is 15.0 Å². The normalized spacial score (nSPS) is 10.6. The number of anilines is 1. The van der Waals surface area contributed by atoms with Gasteiger partial charge in [-0.2, -0.15) is 4.98 Å². The third-order valence-corrected chi connectivity index (χ3v) is 2.81. The first-order valence-corrected chi connectivity index (χ1v) is 6.49. The molecule has 0 saturated carbocycles. The number of rotatable bonds is 6. The lowest BCUT2D eigenvalue weighted by Gasteiger charge is -2.07. The van der Waals surface area contributed by atoms with Gasteiger partial charge in [-0.15, -0.1) is 0 Å². The first-order chi connectivity index (χ1) is 9.19. The Morgan fingerprint density at radius 2 is 2.21 bits per heavy atom. The number of aromatic nitrogens is 2. The maximum Gasteiger partial charge on any atom is 0.264 e. The molecule has 0 spiro atoms. The van der Waals surface area contributed by atoms with Crippen molar-refractivity contribution in [3.8, 4) is 5.75 Å². The fourth-order valence-electron chi connectivity index (χ4n) is 1.76. The van der Waals surface area contributed by atoms with Gasteiger partial charge in [-0.3, -0.25) is 0 Å².